The average molecular weight is 311 g/mol. The SMILES string of the molecule is CC[C@@H](NC(=O)[C@H]1COc2ccccc2O1)c1ccc(C)cc1. The molecule has 23 heavy (non-hydrogen) atoms. The Labute approximate surface area is 136 Å². The first-order valence-electron chi connectivity index (χ1n) is 7.93. The van der Waals surface area contributed by atoms with E-state index in [2.05, 4.69) is 36.5 Å². The van der Waals surface area contributed by atoms with Gasteiger partial charge >= 0.3 is 0 Å². The molecule has 0 saturated carbocycles. The first kappa shape index (κ1) is 15.4. The number of hydrogen-bond donors (Lipinski definition) is 1. The van der Waals surface area contributed by atoms with Crippen LogP contribution >= 0.6 is 0 Å². The van der Waals surface area contributed by atoms with Crippen LogP contribution in [0.15, 0.2) is 48.5 Å². The predicted octanol–water partition coefficient (Wildman–Crippen LogP) is 3.40. The number of aryl methyl sites for hydroxylation is 1. The van der Waals surface area contributed by atoms with Crippen molar-refractivity contribution in [2.24, 2.45) is 0 Å². The van der Waals surface area contributed by atoms with Crippen LogP contribution in [0.3, 0.4) is 0 Å². The van der Waals surface area contributed by atoms with E-state index in [-0.39, 0.29) is 18.6 Å². The number of amides is 1. The number of carbonyl (C=O) groups is 1. The van der Waals surface area contributed by atoms with Crippen LogP contribution < -0.4 is 14.8 Å². The zero-order valence-corrected chi connectivity index (χ0v) is 13.4. The van der Waals surface area contributed by atoms with E-state index in [0.717, 1.165) is 12.0 Å². The molecule has 0 bridgehead atoms. The summed E-state index contributed by atoms with van der Waals surface area (Å²) in [6, 6.07) is 15.6. The van der Waals surface area contributed by atoms with Gasteiger partial charge in [0.2, 0.25) is 6.10 Å². The predicted molar refractivity (Wildman–Crippen MR) is 88.7 cm³/mol. The maximum atomic E-state index is 12.5. The molecule has 2 atom stereocenters. The zero-order chi connectivity index (χ0) is 16.2. The fourth-order valence-corrected chi connectivity index (χ4v) is 2.63. The van der Waals surface area contributed by atoms with Gasteiger partial charge in [0.25, 0.3) is 5.91 Å². The van der Waals surface area contributed by atoms with E-state index in [9.17, 15) is 4.79 Å². The fraction of sp³-hybridized carbons (Fsp3) is 0.316. The van der Waals surface area contributed by atoms with Crippen molar-refractivity contribution in [1.82, 2.24) is 5.32 Å². The van der Waals surface area contributed by atoms with Gasteiger partial charge in [0.15, 0.2) is 11.5 Å². The summed E-state index contributed by atoms with van der Waals surface area (Å²) in [6.45, 7) is 4.33. The minimum absolute atomic E-state index is 0.0242. The lowest BCUT2D eigenvalue weighted by molar-refractivity contribution is -0.131. The third-order valence-electron chi connectivity index (χ3n) is 4.01. The lowest BCUT2D eigenvalue weighted by atomic mass is 10.0. The van der Waals surface area contributed by atoms with Gasteiger partial charge in [-0.2, -0.15) is 0 Å². The highest BCUT2D eigenvalue weighted by molar-refractivity contribution is 5.82. The number of rotatable bonds is 4. The van der Waals surface area contributed by atoms with Crippen molar-refractivity contribution >= 4 is 5.91 Å². The molecule has 0 unspecified atom stereocenters. The third kappa shape index (κ3) is 3.47. The van der Waals surface area contributed by atoms with Crippen LogP contribution in [0, 0.1) is 6.92 Å². The molecule has 4 heteroatoms. The van der Waals surface area contributed by atoms with Gasteiger partial charge in [-0.1, -0.05) is 48.9 Å². The van der Waals surface area contributed by atoms with Crippen molar-refractivity contribution in [3.63, 3.8) is 0 Å². The molecule has 0 aliphatic carbocycles. The highest BCUT2D eigenvalue weighted by atomic mass is 16.6. The number of ether oxygens (including phenoxy) is 2. The molecule has 4 nitrogen and oxygen atoms in total. The maximum Gasteiger partial charge on any atom is 0.265 e. The van der Waals surface area contributed by atoms with Crippen molar-refractivity contribution in [3.05, 3.63) is 59.7 Å². The van der Waals surface area contributed by atoms with Crippen LogP contribution in [0.5, 0.6) is 11.5 Å². The van der Waals surface area contributed by atoms with Gasteiger partial charge in [-0.05, 0) is 31.0 Å². The quantitative estimate of drug-likeness (QED) is 0.941. The molecule has 0 saturated heterocycles. The van der Waals surface area contributed by atoms with E-state index in [1.165, 1.54) is 5.56 Å². The van der Waals surface area contributed by atoms with Gasteiger partial charge in [-0.3, -0.25) is 4.79 Å². The number of fused-ring (bicyclic) bond motifs is 1. The van der Waals surface area contributed by atoms with Crippen LogP contribution in [0.1, 0.15) is 30.5 Å². The summed E-state index contributed by atoms with van der Waals surface area (Å²) in [4.78, 5) is 12.5. The van der Waals surface area contributed by atoms with Crippen LogP contribution in [0.2, 0.25) is 0 Å². The summed E-state index contributed by atoms with van der Waals surface area (Å²) in [5.74, 6) is 1.15. The third-order valence-corrected chi connectivity index (χ3v) is 4.01. The Hall–Kier alpha value is -2.49. The lowest BCUT2D eigenvalue weighted by Gasteiger charge is -2.27. The number of benzene rings is 2. The topological polar surface area (TPSA) is 47.6 Å². The molecule has 0 spiro atoms. The van der Waals surface area contributed by atoms with E-state index in [1.807, 2.05) is 31.2 Å². The van der Waals surface area contributed by atoms with Crippen molar-refractivity contribution in [1.29, 1.82) is 0 Å². The minimum atomic E-state index is -0.621. The zero-order valence-electron chi connectivity index (χ0n) is 13.4. The van der Waals surface area contributed by atoms with Crippen molar-refractivity contribution in [3.8, 4) is 11.5 Å². The molecule has 0 fully saturated rings. The number of para-hydroxylation sites is 2. The minimum Gasteiger partial charge on any atom is -0.485 e. The fourth-order valence-electron chi connectivity index (χ4n) is 2.63. The van der Waals surface area contributed by atoms with Gasteiger partial charge in [0, 0.05) is 0 Å². The number of nitrogens with one attached hydrogen (secondary N) is 1. The second kappa shape index (κ2) is 6.73. The highest BCUT2D eigenvalue weighted by Crippen LogP contribution is 2.31. The van der Waals surface area contributed by atoms with Crippen LogP contribution in [-0.2, 0) is 4.79 Å². The first-order chi connectivity index (χ1) is 11.2. The van der Waals surface area contributed by atoms with Crippen molar-refractivity contribution in [2.45, 2.75) is 32.4 Å². The molecule has 1 aliphatic heterocycles. The Morgan fingerprint density at radius 3 is 2.57 bits per heavy atom. The monoisotopic (exact) mass is 311 g/mol. The average Bonchev–Trinajstić information content (AvgIpc) is 2.60. The first-order valence-corrected chi connectivity index (χ1v) is 7.93. The summed E-state index contributed by atoms with van der Waals surface area (Å²) in [7, 11) is 0. The molecular weight excluding hydrogens is 290 g/mol. The second-order valence-electron chi connectivity index (χ2n) is 5.74. The molecule has 1 heterocycles. The smallest absolute Gasteiger partial charge is 0.265 e. The molecule has 2 aromatic carbocycles. The van der Waals surface area contributed by atoms with Crippen LogP contribution in [0.25, 0.3) is 0 Å². The molecule has 3 rings (SSSR count). The Morgan fingerprint density at radius 2 is 1.87 bits per heavy atom. The van der Waals surface area contributed by atoms with Crippen LogP contribution in [-0.4, -0.2) is 18.6 Å². The molecular formula is C19H21NO3. The Bertz CT molecular complexity index is 681. The summed E-state index contributed by atoms with van der Waals surface area (Å²) in [6.07, 6.45) is 0.197. The maximum absolute atomic E-state index is 12.5. The molecule has 2 aromatic rings. The second-order valence-corrected chi connectivity index (χ2v) is 5.74. The lowest BCUT2D eigenvalue weighted by Crippen LogP contribution is -2.45. The molecule has 0 aromatic heterocycles. The summed E-state index contributed by atoms with van der Waals surface area (Å²) in [5.41, 5.74) is 2.30. The van der Waals surface area contributed by atoms with Gasteiger partial charge in [-0.25, -0.2) is 0 Å². The molecule has 0 radical (unpaired) electrons. The number of hydrogen-bond acceptors (Lipinski definition) is 3. The molecule has 120 valence electrons. The highest BCUT2D eigenvalue weighted by Gasteiger charge is 2.28. The van der Waals surface area contributed by atoms with Gasteiger partial charge in [0.05, 0.1) is 6.04 Å². The largest absolute Gasteiger partial charge is 0.485 e. The van der Waals surface area contributed by atoms with Gasteiger partial charge < -0.3 is 14.8 Å². The van der Waals surface area contributed by atoms with Crippen molar-refractivity contribution in [2.75, 3.05) is 6.61 Å². The number of carbonyl (C=O) groups excluding carboxylic acids is 1. The summed E-state index contributed by atoms with van der Waals surface area (Å²) < 4.78 is 11.4. The Morgan fingerprint density at radius 1 is 1.17 bits per heavy atom. The van der Waals surface area contributed by atoms with Gasteiger partial charge in [-0.15, -0.1) is 0 Å². The van der Waals surface area contributed by atoms with Crippen molar-refractivity contribution < 1.29 is 14.3 Å². The Kier molecular flexibility index (Phi) is 4.51. The molecule has 1 aliphatic rings. The standard InChI is InChI=1S/C19H21NO3/c1-3-15(14-10-8-13(2)9-11-14)20-19(21)18-12-22-16-6-4-5-7-17(16)23-18/h4-11,15,18H,3,12H2,1-2H3,(H,20,21)/t15-,18-/m1/s1. The summed E-state index contributed by atoms with van der Waals surface area (Å²) in [5, 5.41) is 3.06. The van der Waals surface area contributed by atoms with E-state index in [1.54, 1.807) is 0 Å². The molecule has 1 N–H and O–H groups in total. The summed E-state index contributed by atoms with van der Waals surface area (Å²) >= 11 is 0. The van der Waals surface area contributed by atoms with Crippen LogP contribution in [0.4, 0.5) is 0 Å². The normalized spacial score (nSPS) is 17.4. The van der Waals surface area contributed by atoms with E-state index in [4.69, 9.17) is 9.47 Å². The van der Waals surface area contributed by atoms with E-state index >= 15 is 0 Å². The molecule has 1 amide bonds. The van der Waals surface area contributed by atoms with E-state index < -0.39 is 6.10 Å². The Balaban J connectivity index is 1.67. The van der Waals surface area contributed by atoms with Gasteiger partial charge in [0.1, 0.15) is 6.61 Å². The van der Waals surface area contributed by atoms with E-state index in [0.29, 0.717) is 11.5 Å².